The molecule has 0 atom stereocenters. The fourth-order valence-corrected chi connectivity index (χ4v) is 1.38. The predicted molar refractivity (Wildman–Crippen MR) is 59.7 cm³/mol. The van der Waals surface area contributed by atoms with E-state index in [1.54, 1.807) is 12.1 Å². The van der Waals surface area contributed by atoms with E-state index in [0.717, 1.165) is 5.69 Å². The zero-order valence-corrected chi connectivity index (χ0v) is 9.34. The van der Waals surface area contributed by atoms with Crippen LogP contribution in [0.25, 0.3) is 0 Å². The number of hydrogen-bond donors (Lipinski definition) is 0. The van der Waals surface area contributed by atoms with Gasteiger partial charge in [-0.2, -0.15) is 5.26 Å². The maximum Gasteiger partial charge on any atom is 0.0992 e. The Morgan fingerprint density at radius 2 is 2.07 bits per heavy atom. The third-order valence-corrected chi connectivity index (χ3v) is 2.55. The van der Waals surface area contributed by atoms with Gasteiger partial charge in [0.25, 0.3) is 0 Å². The van der Waals surface area contributed by atoms with Crippen LogP contribution in [0.15, 0.2) is 18.2 Å². The van der Waals surface area contributed by atoms with Crippen molar-refractivity contribution in [1.82, 2.24) is 0 Å². The van der Waals surface area contributed by atoms with Crippen LogP contribution < -0.4 is 4.90 Å². The van der Waals surface area contributed by atoms with Crippen molar-refractivity contribution in [1.29, 1.82) is 5.26 Å². The van der Waals surface area contributed by atoms with Gasteiger partial charge in [0, 0.05) is 13.1 Å². The van der Waals surface area contributed by atoms with E-state index < -0.39 is 0 Å². The number of nitrogens with zero attached hydrogens (tertiary/aromatic N) is 2. The van der Waals surface area contributed by atoms with E-state index in [0.29, 0.717) is 16.6 Å². The summed E-state index contributed by atoms with van der Waals surface area (Å²) >= 11 is 6.04. The van der Waals surface area contributed by atoms with Crippen LogP contribution in [0.5, 0.6) is 0 Å². The van der Waals surface area contributed by atoms with Crippen LogP contribution in [0.4, 0.5) is 5.69 Å². The average Bonchev–Trinajstić information content (AvgIpc) is 2.17. The van der Waals surface area contributed by atoms with Crippen molar-refractivity contribution in [2.24, 2.45) is 0 Å². The minimum Gasteiger partial charge on any atom is -0.371 e. The highest BCUT2D eigenvalue weighted by atomic mass is 35.5. The molecule has 0 aliphatic rings. The molecular weight excluding hydrogens is 196 g/mol. The maximum absolute atomic E-state index is 8.76. The van der Waals surface area contributed by atoms with E-state index in [1.165, 1.54) is 0 Å². The summed E-state index contributed by atoms with van der Waals surface area (Å²) in [4.78, 5) is 2.04. The zero-order valence-electron chi connectivity index (χ0n) is 8.58. The first-order valence-corrected chi connectivity index (χ1v) is 4.86. The first-order valence-electron chi connectivity index (χ1n) is 4.48. The minimum absolute atomic E-state index is 0.362. The molecule has 0 aliphatic carbocycles. The molecule has 14 heavy (non-hydrogen) atoms. The summed E-state index contributed by atoms with van der Waals surface area (Å²) in [6, 6.07) is 7.75. The molecular formula is C11H13ClN2. The molecule has 0 spiro atoms. The standard InChI is InChI=1S/C11H13ClN2/c1-8(2)14(3)11-6-9(7-13)4-5-10(11)12/h4-6,8H,1-3H3. The normalized spacial score (nSPS) is 10.0. The Bertz CT molecular complexity index is 366. The van der Waals surface area contributed by atoms with Crippen molar-refractivity contribution in [3.63, 3.8) is 0 Å². The van der Waals surface area contributed by atoms with Crippen LogP contribution >= 0.6 is 11.6 Å². The van der Waals surface area contributed by atoms with E-state index in [-0.39, 0.29) is 0 Å². The van der Waals surface area contributed by atoms with Crippen LogP contribution in [0.2, 0.25) is 5.02 Å². The first kappa shape index (κ1) is 10.9. The first-order chi connectivity index (χ1) is 6.56. The van der Waals surface area contributed by atoms with Gasteiger partial charge in [0.2, 0.25) is 0 Å². The quantitative estimate of drug-likeness (QED) is 0.747. The summed E-state index contributed by atoms with van der Waals surface area (Å²) in [5, 5.41) is 9.44. The third-order valence-electron chi connectivity index (χ3n) is 2.23. The molecule has 3 heteroatoms. The lowest BCUT2D eigenvalue weighted by Crippen LogP contribution is -2.25. The second-order valence-corrected chi connectivity index (χ2v) is 3.89. The lowest BCUT2D eigenvalue weighted by Gasteiger charge is -2.24. The topological polar surface area (TPSA) is 27.0 Å². The Kier molecular flexibility index (Phi) is 3.38. The van der Waals surface area contributed by atoms with Gasteiger partial charge in [0.15, 0.2) is 0 Å². The van der Waals surface area contributed by atoms with Crippen molar-refractivity contribution < 1.29 is 0 Å². The molecule has 2 nitrogen and oxygen atoms in total. The molecule has 74 valence electrons. The van der Waals surface area contributed by atoms with Gasteiger partial charge in [-0.05, 0) is 32.0 Å². The smallest absolute Gasteiger partial charge is 0.0992 e. The van der Waals surface area contributed by atoms with Crippen molar-refractivity contribution in [3.8, 4) is 6.07 Å². The van der Waals surface area contributed by atoms with Gasteiger partial charge in [-0.3, -0.25) is 0 Å². The number of halogens is 1. The molecule has 0 saturated heterocycles. The van der Waals surface area contributed by atoms with E-state index >= 15 is 0 Å². The molecule has 0 unspecified atom stereocenters. The zero-order chi connectivity index (χ0) is 10.7. The Morgan fingerprint density at radius 1 is 1.43 bits per heavy atom. The molecule has 1 aromatic rings. The van der Waals surface area contributed by atoms with Gasteiger partial charge in [-0.1, -0.05) is 11.6 Å². The summed E-state index contributed by atoms with van der Waals surface area (Å²) in [5.74, 6) is 0. The summed E-state index contributed by atoms with van der Waals surface area (Å²) in [5.41, 5.74) is 1.54. The van der Waals surface area contributed by atoms with E-state index in [1.807, 2.05) is 18.0 Å². The van der Waals surface area contributed by atoms with Gasteiger partial charge in [0.05, 0.1) is 22.3 Å². The highest BCUT2D eigenvalue weighted by Gasteiger charge is 2.09. The molecule has 0 fully saturated rings. The molecule has 1 rings (SSSR count). The van der Waals surface area contributed by atoms with Crippen molar-refractivity contribution in [2.45, 2.75) is 19.9 Å². The molecule has 0 N–H and O–H groups in total. The highest BCUT2D eigenvalue weighted by Crippen LogP contribution is 2.27. The minimum atomic E-state index is 0.362. The molecule has 0 aromatic heterocycles. The molecule has 0 bridgehead atoms. The molecule has 0 aliphatic heterocycles. The molecule has 1 aromatic carbocycles. The Labute approximate surface area is 89.7 Å². The van der Waals surface area contributed by atoms with Crippen LogP contribution in [-0.4, -0.2) is 13.1 Å². The van der Waals surface area contributed by atoms with E-state index in [2.05, 4.69) is 19.9 Å². The largest absolute Gasteiger partial charge is 0.371 e. The lowest BCUT2D eigenvalue weighted by molar-refractivity contribution is 0.755. The summed E-state index contributed by atoms with van der Waals surface area (Å²) in [6.07, 6.45) is 0. The molecule has 0 saturated carbocycles. The number of benzene rings is 1. The van der Waals surface area contributed by atoms with Gasteiger partial charge >= 0.3 is 0 Å². The van der Waals surface area contributed by atoms with Gasteiger partial charge < -0.3 is 4.90 Å². The number of rotatable bonds is 2. The SMILES string of the molecule is CC(C)N(C)c1cc(C#N)ccc1Cl. The van der Waals surface area contributed by atoms with Crippen LogP contribution in [0, 0.1) is 11.3 Å². The van der Waals surface area contributed by atoms with Crippen LogP contribution in [0.1, 0.15) is 19.4 Å². The third kappa shape index (κ3) is 2.18. The Balaban J connectivity index is 3.13. The van der Waals surface area contributed by atoms with Crippen molar-refractivity contribution in [3.05, 3.63) is 28.8 Å². The van der Waals surface area contributed by atoms with Gasteiger partial charge in [0.1, 0.15) is 0 Å². The Morgan fingerprint density at radius 3 is 2.57 bits per heavy atom. The number of hydrogen-bond acceptors (Lipinski definition) is 2. The number of anilines is 1. The molecule has 0 heterocycles. The Hall–Kier alpha value is -1.20. The average molecular weight is 209 g/mol. The summed E-state index contributed by atoms with van der Waals surface area (Å²) < 4.78 is 0. The fourth-order valence-electron chi connectivity index (χ4n) is 1.13. The van der Waals surface area contributed by atoms with Gasteiger partial charge in [-0.15, -0.1) is 0 Å². The molecule has 0 amide bonds. The summed E-state index contributed by atoms with van der Waals surface area (Å²) in [6.45, 7) is 4.16. The predicted octanol–water partition coefficient (Wildman–Crippen LogP) is 3.06. The second kappa shape index (κ2) is 4.34. The van der Waals surface area contributed by atoms with Gasteiger partial charge in [-0.25, -0.2) is 0 Å². The lowest BCUT2D eigenvalue weighted by atomic mass is 10.2. The van der Waals surface area contributed by atoms with Crippen LogP contribution in [-0.2, 0) is 0 Å². The van der Waals surface area contributed by atoms with E-state index in [9.17, 15) is 0 Å². The fraction of sp³-hybridized carbons (Fsp3) is 0.364. The van der Waals surface area contributed by atoms with Crippen LogP contribution in [0.3, 0.4) is 0 Å². The van der Waals surface area contributed by atoms with Crippen molar-refractivity contribution >= 4 is 17.3 Å². The van der Waals surface area contributed by atoms with E-state index in [4.69, 9.17) is 16.9 Å². The highest BCUT2D eigenvalue weighted by molar-refractivity contribution is 6.33. The second-order valence-electron chi connectivity index (χ2n) is 3.48. The summed E-state index contributed by atoms with van der Waals surface area (Å²) in [7, 11) is 1.97. The van der Waals surface area contributed by atoms with Crippen molar-refractivity contribution in [2.75, 3.05) is 11.9 Å². The number of nitriles is 1. The maximum atomic E-state index is 8.76. The monoisotopic (exact) mass is 208 g/mol. The molecule has 0 radical (unpaired) electrons.